The van der Waals surface area contributed by atoms with E-state index in [1.807, 2.05) is 6.26 Å². The van der Waals surface area contributed by atoms with Gasteiger partial charge in [0.25, 0.3) is 0 Å². The number of amides is 2. The maximum absolute atomic E-state index is 15.0. The summed E-state index contributed by atoms with van der Waals surface area (Å²) in [5.41, 5.74) is 7.45. The van der Waals surface area contributed by atoms with Crippen LogP contribution in [-0.4, -0.2) is 101 Å². The monoisotopic (exact) mass is 697 g/mol. The summed E-state index contributed by atoms with van der Waals surface area (Å²) in [6.07, 6.45) is 4.24. The summed E-state index contributed by atoms with van der Waals surface area (Å²) >= 11 is 1.61. The van der Waals surface area contributed by atoms with E-state index in [-0.39, 0.29) is 36.7 Å². The van der Waals surface area contributed by atoms with Gasteiger partial charge in [-0.1, -0.05) is 0 Å². The van der Waals surface area contributed by atoms with Crippen LogP contribution in [0.25, 0.3) is 10.9 Å². The molecule has 0 aliphatic carbocycles. The molecular weight excluding hydrogens is 657 g/mol. The molecule has 1 aromatic heterocycles. The standard InChI is InChI=1S/C34H40FN5O8S/c1-19-13-21(14-20(2)30(19)48-33(45)27-5-4-7-40(27)31(42)25(36)6-12-49-3)18-47-34(46)39-10-8-38(9-11-39)28-16-26-22(15-24(28)35)29(41)23(17-37-26)32(43)44/h13-17,25,27H,4-12,18,36H2,1-3H3,(H,37,41)(H,43,44)/t25?,27-/m1/s1. The van der Waals surface area contributed by atoms with Crippen molar-refractivity contribution in [1.82, 2.24) is 14.8 Å². The molecule has 3 aromatic rings. The van der Waals surface area contributed by atoms with Crippen molar-refractivity contribution in [3.8, 4) is 5.75 Å². The van der Waals surface area contributed by atoms with E-state index in [9.17, 15) is 29.1 Å². The number of carbonyl (C=O) groups excluding carboxylic acids is 3. The second kappa shape index (κ2) is 15.3. The highest BCUT2D eigenvalue weighted by Gasteiger charge is 2.37. The van der Waals surface area contributed by atoms with Crippen molar-refractivity contribution in [3.63, 3.8) is 0 Å². The molecule has 2 aliphatic rings. The summed E-state index contributed by atoms with van der Waals surface area (Å²) in [4.78, 5) is 70.3. The zero-order valence-corrected chi connectivity index (χ0v) is 28.4. The van der Waals surface area contributed by atoms with E-state index in [1.165, 1.54) is 15.9 Å². The number of aryl methyl sites for hydroxylation is 2. The third kappa shape index (κ3) is 7.83. The number of aromatic nitrogens is 1. The number of ether oxygens (including phenoxy) is 2. The number of nitrogens with two attached hydrogens (primary N) is 1. The van der Waals surface area contributed by atoms with Gasteiger partial charge in [-0.25, -0.2) is 18.8 Å². The van der Waals surface area contributed by atoms with Crippen LogP contribution in [0.1, 0.15) is 46.3 Å². The number of pyridine rings is 1. The van der Waals surface area contributed by atoms with Gasteiger partial charge in [-0.3, -0.25) is 9.59 Å². The lowest BCUT2D eigenvalue weighted by Gasteiger charge is -2.35. The van der Waals surface area contributed by atoms with Crippen molar-refractivity contribution in [3.05, 3.63) is 68.8 Å². The maximum atomic E-state index is 15.0. The van der Waals surface area contributed by atoms with Crippen molar-refractivity contribution in [2.24, 2.45) is 5.73 Å². The number of rotatable bonds is 10. The van der Waals surface area contributed by atoms with Crippen molar-refractivity contribution < 1.29 is 38.1 Å². The minimum Gasteiger partial charge on any atom is -0.477 e. The minimum atomic E-state index is -1.40. The number of carboxylic acid groups (broad SMARTS) is 1. The molecule has 2 amide bonds. The Morgan fingerprint density at radius 3 is 2.43 bits per heavy atom. The summed E-state index contributed by atoms with van der Waals surface area (Å²) in [7, 11) is 0. The number of nitrogens with one attached hydrogen (secondary N) is 1. The Bertz CT molecular complexity index is 1800. The van der Waals surface area contributed by atoms with Gasteiger partial charge in [0.05, 0.1) is 17.2 Å². The fourth-order valence-electron chi connectivity index (χ4n) is 6.31. The smallest absolute Gasteiger partial charge is 0.410 e. The number of hydrogen-bond acceptors (Lipinski definition) is 10. The first-order chi connectivity index (χ1) is 23.4. The van der Waals surface area contributed by atoms with Crippen molar-refractivity contribution in [1.29, 1.82) is 0 Å². The van der Waals surface area contributed by atoms with Crippen LogP contribution >= 0.6 is 11.8 Å². The molecular formula is C34H40FN5O8S. The van der Waals surface area contributed by atoms with Crippen LogP contribution in [0, 0.1) is 19.7 Å². The number of thioether (sulfide) groups is 1. The van der Waals surface area contributed by atoms with Crippen LogP contribution in [0.4, 0.5) is 14.9 Å². The van der Waals surface area contributed by atoms with E-state index < -0.39 is 46.9 Å². The van der Waals surface area contributed by atoms with Gasteiger partial charge in [-0.05, 0) is 86.1 Å². The van der Waals surface area contributed by atoms with Crippen molar-refractivity contribution in [2.45, 2.75) is 51.8 Å². The van der Waals surface area contributed by atoms with Gasteiger partial charge < -0.3 is 40.0 Å². The van der Waals surface area contributed by atoms with Crippen molar-refractivity contribution in [2.75, 3.05) is 49.6 Å². The molecule has 2 fully saturated rings. The van der Waals surface area contributed by atoms with Crippen LogP contribution in [0.15, 0.2) is 35.3 Å². The van der Waals surface area contributed by atoms with Crippen LogP contribution < -0.4 is 20.8 Å². The third-order valence-corrected chi connectivity index (χ3v) is 9.54. The highest BCUT2D eigenvalue weighted by molar-refractivity contribution is 7.98. The molecule has 2 aromatic carbocycles. The topological polar surface area (TPSA) is 176 Å². The Kier molecular flexibility index (Phi) is 11.1. The number of aromatic carboxylic acids is 1. The molecule has 2 atom stereocenters. The molecule has 2 aliphatic heterocycles. The predicted molar refractivity (Wildman–Crippen MR) is 183 cm³/mol. The summed E-state index contributed by atoms with van der Waals surface area (Å²) in [6.45, 7) is 5.18. The summed E-state index contributed by atoms with van der Waals surface area (Å²) in [5, 5.41) is 9.12. The fourth-order valence-corrected chi connectivity index (χ4v) is 6.80. The zero-order valence-electron chi connectivity index (χ0n) is 27.6. The number of esters is 1. The lowest BCUT2D eigenvalue weighted by molar-refractivity contribution is -0.146. The molecule has 4 N–H and O–H groups in total. The summed E-state index contributed by atoms with van der Waals surface area (Å²) in [6, 6.07) is 4.70. The number of anilines is 1. The van der Waals surface area contributed by atoms with Crippen LogP contribution in [0.2, 0.25) is 0 Å². The van der Waals surface area contributed by atoms with Gasteiger partial charge in [0.15, 0.2) is 0 Å². The summed E-state index contributed by atoms with van der Waals surface area (Å²) < 4.78 is 26.4. The van der Waals surface area contributed by atoms with Gasteiger partial charge in [-0.15, -0.1) is 0 Å². The number of fused-ring (bicyclic) bond motifs is 1. The van der Waals surface area contributed by atoms with E-state index >= 15 is 4.39 Å². The number of piperazine rings is 1. The van der Waals surface area contributed by atoms with Gasteiger partial charge in [-0.2, -0.15) is 11.8 Å². The number of hydrogen-bond donors (Lipinski definition) is 3. The number of carbonyl (C=O) groups is 4. The second-order valence-electron chi connectivity index (χ2n) is 12.3. The average molecular weight is 698 g/mol. The van der Waals surface area contributed by atoms with Gasteiger partial charge in [0, 0.05) is 44.3 Å². The van der Waals surface area contributed by atoms with E-state index in [0.29, 0.717) is 66.9 Å². The molecule has 0 saturated carbocycles. The highest BCUT2D eigenvalue weighted by Crippen LogP contribution is 2.29. The summed E-state index contributed by atoms with van der Waals surface area (Å²) in [5.74, 6) is -1.66. The number of H-pyrrole nitrogens is 1. The number of aromatic amines is 1. The zero-order chi connectivity index (χ0) is 35.4. The fraction of sp³-hybridized carbons (Fsp3) is 0.441. The molecule has 0 spiro atoms. The number of likely N-dealkylation sites (tertiary alicyclic amines) is 1. The Morgan fingerprint density at radius 2 is 1.78 bits per heavy atom. The van der Waals surface area contributed by atoms with Gasteiger partial charge in [0.2, 0.25) is 11.3 Å². The van der Waals surface area contributed by atoms with E-state index in [1.54, 1.807) is 42.6 Å². The second-order valence-corrected chi connectivity index (χ2v) is 13.3. The number of benzene rings is 2. The molecule has 2 saturated heterocycles. The van der Waals surface area contributed by atoms with Crippen LogP contribution in [0.3, 0.4) is 0 Å². The quantitative estimate of drug-likeness (QED) is 0.209. The molecule has 49 heavy (non-hydrogen) atoms. The minimum absolute atomic E-state index is 0.0151. The Hall–Kier alpha value is -4.63. The van der Waals surface area contributed by atoms with E-state index in [4.69, 9.17) is 15.2 Å². The Morgan fingerprint density at radius 1 is 1.08 bits per heavy atom. The third-order valence-electron chi connectivity index (χ3n) is 8.90. The molecule has 3 heterocycles. The van der Waals surface area contributed by atoms with E-state index in [0.717, 1.165) is 18.0 Å². The molecule has 0 bridgehead atoms. The first-order valence-electron chi connectivity index (χ1n) is 16.0. The highest BCUT2D eigenvalue weighted by atomic mass is 32.2. The van der Waals surface area contributed by atoms with Crippen LogP contribution in [0.5, 0.6) is 5.75 Å². The largest absolute Gasteiger partial charge is 0.477 e. The Balaban J connectivity index is 1.15. The number of nitrogens with zero attached hydrogens (tertiary/aromatic N) is 3. The lowest BCUT2D eigenvalue weighted by atomic mass is 10.1. The number of carboxylic acids is 1. The van der Waals surface area contributed by atoms with Crippen LogP contribution in [-0.2, 0) is 20.9 Å². The van der Waals surface area contributed by atoms with Crippen molar-refractivity contribution >= 4 is 52.3 Å². The van der Waals surface area contributed by atoms with E-state index in [2.05, 4.69) is 4.98 Å². The number of halogens is 1. The SMILES string of the molecule is CSCCC(N)C(=O)N1CCC[C@@H]1C(=O)Oc1c(C)cc(COC(=O)N2CCN(c3cc4[nH]cc(C(=O)O)c(=O)c4cc3F)CC2)cc1C. The first-order valence-corrected chi connectivity index (χ1v) is 17.4. The normalized spacial score (nSPS) is 16.9. The predicted octanol–water partition coefficient (Wildman–Crippen LogP) is 3.42. The Labute approximate surface area is 286 Å². The molecule has 262 valence electrons. The average Bonchev–Trinajstić information content (AvgIpc) is 3.58. The molecule has 1 unspecified atom stereocenters. The van der Waals surface area contributed by atoms with Gasteiger partial charge >= 0.3 is 18.0 Å². The molecule has 0 radical (unpaired) electrons. The molecule has 5 rings (SSSR count). The molecule has 13 nitrogen and oxygen atoms in total. The van der Waals surface area contributed by atoms with Gasteiger partial charge in [0.1, 0.15) is 29.8 Å². The maximum Gasteiger partial charge on any atom is 0.410 e. The molecule has 15 heteroatoms. The first kappa shape index (κ1) is 35.7. The lowest BCUT2D eigenvalue weighted by Crippen LogP contribution is -2.49.